The second kappa shape index (κ2) is 9.00. The van der Waals surface area contributed by atoms with Gasteiger partial charge in [0.25, 0.3) is 0 Å². The van der Waals surface area contributed by atoms with Crippen molar-refractivity contribution in [2.45, 2.75) is 19.9 Å². The van der Waals surface area contributed by atoms with Gasteiger partial charge in [0.1, 0.15) is 5.75 Å². The van der Waals surface area contributed by atoms with Crippen molar-refractivity contribution in [3.8, 4) is 5.75 Å². The third-order valence-corrected chi connectivity index (χ3v) is 4.80. The van der Waals surface area contributed by atoms with E-state index in [9.17, 15) is 9.59 Å². The predicted molar refractivity (Wildman–Crippen MR) is 103 cm³/mol. The molecule has 0 aromatic heterocycles. The van der Waals surface area contributed by atoms with Crippen LogP contribution in [-0.4, -0.2) is 86.5 Å². The number of carbonyl (C=O) groups excluding carboxylic acids is 2. The van der Waals surface area contributed by atoms with Gasteiger partial charge in [-0.15, -0.1) is 0 Å². The zero-order valence-corrected chi connectivity index (χ0v) is 16.4. The Hall–Kier alpha value is -2.12. The number of hydrogen-bond donors (Lipinski definition) is 1. The highest BCUT2D eigenvalue weighted by molar-refractivity contribution is 5.96. The first-order valence-corrected chi connectivity index (χ1v) is 8.94. The van der Waals surface area contributed by atoms with Crippen LogP contribution in [0.2, 0.25) is 0 Å². The Morgan fingerprint density at radius 3 is 2.46 bits per heavy atom. The van der Waals surface area contributed by atoms with E-state index in [-0.39, 0.29) is 17.9 Å². The van der Waals surface area contributed by atoms with Crippen LogP contribution in [0.3, 0.4) is 0 Å². The summed E-state index contributed by atoms with van der Waals surface area (Å²) in [6.07, 6.45) is 0. The molecular weight excluding hydrogens is 332 g/mol. The summed E-state index contributed by atoms with van der Waals surface area (Å²) in [4.78, 5) is 30.4. The first-order chi connectivity index (χ1) is 12.3. The van der Waals surface area contributed by atoms with Crippen LogP contribution in [0, 0.1) is 6.92 Å². The van der Waals surface area contributed by atoms with Gasteiger partial charge in [-0.2, -0.15) is 0 Å². The Bertz CT molecular complexity index is 640. The van der Waals surface area contributed by atoms with E-state index in [1.165, 1.54) is 0 Å². The van der Waals surface area contributed by atoms with Gasteiger partial charge in [0.15, 0.2) is 0 Å². The molecule has 2 amide bonds. The normalized spacial score (nSPS) is 16.8. The fourth-order valence-corrected chi connectivity index (χ4v) is 2.96. The lowest BCUT2D eigenvalue weighted by molar-refractivity contribution is -0.131. The molecule has 1 saturated heterocycles. The maximum absolute atomic E-state index is 12.7. The first-order valence-electron chi connectivity index (χ1n) is 8.94. The molecule has 144 valence electrons. The van der Waals surface area contributed by atoms with Gasteiger partial charge < -0.3 is 15.0 Å². The molecule has 0 radical (unpaired) electrons. The highest BCUT2D eigenvalue weighted by Gasteiger charge is 2.27. The molecule has 1 aromatic rings. The number of piperazine rings is 1. The monoisotopic (exact) mass is 362 g/mol. The lowest BCUT2D eigenvalue weighted by Crippen LogP contribution is -2.54. The molecule has 0 saturated carbocycles. The van der Waals surface area contributed by atoms with Crippen molar-refractivity contribution < 1.29 is 14.3 Å². The van der Waals surface area contributed by atoms with Gasteiger partial charge >= 0.3 is 0 Å². The second-order valence-corrected chi connectivity index (χ2v) is 6.97. The summed E-state index contributed by atoms with van der Waals surface area (Å²) < 4.78 is 5.33. The number of carbonyl (C=O) groups is 2. The molecule has 0 aliphatic carbocycles. The average Bonchev–Trinajstić information content (AvgIpc) is 2.61. The average molecular weight is 362 g/mol. The number of aryl methyl sites for hydroxylation is 1. The number of anilines is 1. The van der Waals surface area contributed by atoms with E-state index in [2.05, 4.69) is 15.1 Å². The van der Waals surface area contributed by atoms with Crippen LogP contribution in [0.5, 0.6) is 5.75 Å². The lowest BCUT2D eigenvalue weighted by Gasteiger charge is -2.37. The Balaban J connectivity index is 1.90. The Morgan fingerprint density at radius 2 is 1.88 bits per heavy atom. The van der Waals surface area contributed by atoms with Crippen LogP contribution in [0.1, 0.15) is 12.5 Å². The van der Waals surface area contributed by atoms with Gasteiger partial charge in [-0.05, 0) is 31.5 Å². The Labute approximate surface area is 155 Å². The summed E-state index contributed by atoms with van der Waals surface area (Å²) in [6, 6.07) is 5.48. The number of methoxy groups -OCH3 is 1. The van der Waals surface area contributed by atoms with Gasteiger partial charge in [0.2, 0.25) is 11.8 Å². The molecule has 2 rings (SSSR count). The fourth-order valence-electron chi connectivity index (χ4n) is 2.96. The van der Waals surface area contributed by atoms with E-state index < -0.39 is 0 Å². The van der Waals surface area contributed by atoms with Gasteiger partial charge in [0, 0.05) is 40.3 Å². The molecule has 7 heteroatoms. The van der Waals surface area contributed by atoms with Crippen LogP contribution in [0.4, 0.5) is 5.69 Å². The minimum atomic E-state index is -0.244. The van der Waals surface area contributed by atoms with E-state index in [0.29, 0.717) is 18.0 Å². The van der Waals surface area contributed by atoms with Crippen molar-refractivity contribution in [1.29, 1.82) is 0 Å². The van der Waals surface area contributed by atoms with Crippen molar-refractivity contribution in [2.75, 3.05) is 59.2 Å². The summed E-state index contributed by atoms with van der Waals surface area (Å²) in [7, 11) is 5.13. The molecule has 1 aromatic carbocycles. The third-order valence-electron chi connectivity index (χ3n) is 4.80. The second-order valence-electron chi connectivity index (χ2n) is 6.97. The number of benzene rings is 1. The van der Waals surface area contributed by atoms with Crippen molar-refractivity contribution in [2.24, 2.45) is 0 Å². The fraction of sp³-hybridized carbons (Fsp3) is 0.579. The van der Waals surface area contributed by atoms with Crippen molar-refractivity contribution in [3.63, 3.8) is 0 Å². The summed E-state index contributed by atoms with van der Waals surface area (Å²) in [5, 5.41) is 2.98. The maximum Gasteiger partial charge on any atom is 0.241 e. The van der Waals surface area contributed by atoms with Gasteiger partial charge in [-0.1, -0.05) is 6.07 Å². The van der Waals surface area contributed by atoms with Gasteiger partial charge in [-0.25, -0.2) is 0 Å². The summed E-state index contributed by atoms with van der Waals surface area (Å²) >= 11 is 0. The smallest absolute Gasteiger partial charge is 0.241 e. The summed E-state index contributed by atoms with van der Waals surface area (Å²) in [5.74, 6) is 0.714. The van der Waals surface area contributed by atoms with E-state index in [4.69, 9.17) is 4.74 Å². The van der Waals surface area contributed by atoms with Crippen LogP contribution in [0.25, 0.3) is 0 Å². The number of rotatable bonds is 6. The highest BCUT2D eigenvalue weighted by Crippen LogP contribution is 2.25. The van der Waals surface area contributed by atoms with Crippen LogP contribution >= 0.6 is 0 Å². The van der Waals surface area contributed by atoms with Crippen molar-refractivity contribution in [1.82, 2.24) is 14.7 Å². The third kappa shape index (κ3) is 5.19. The molecule has 1 aliphatic heterocycles. The highest BCUT2D eigenvalue weighted by atomic mass is 16.5. The lowest BCUT2D eigenvalue weighted by atomic mass is 10.1. The summed E-state index contributed by atoms with van der Waals surface area (Å²) in [6.45, 7) is 7.42. The number of likely N-dealkylation sites (N-methyl/N-ethyl adjacent to an activating group) is 1. The minimum Gasteiger partial charge on any atom is -0.495 e. The molecule has 0 spiro atoms. The van der Waals surface area contributed by atoms with Crippen LogP contribution < -0.4 is 10.1 Å². The van der Waals surface area contributed by atoms with E-state index in [1.54, 1.807) is 26.1 Å². The molecule has 0 bridgehead atoms. The zero-order valence-electron chi connectivity index (χ0n) is 16.4. The molecule has 1 atom stereocenters. The van der Waals surface area contributed by atoms with Gasteiger partial charge in [0.05, 0.1) is 25.4 Å². The first kappa shape index (κ1) is 20.2. The molecule has 7 nitrogen and oxygen atoms in total. The van der Waals surface area contributed by atoms with Crippen LogP contribution in [-0.2, 0) is 9.59 Å². The van der Waals surface area contributed by atoms with E-state index >= 15 is 0 Å². The quantitative estimate of drug-likeness (QED) is 0.819. The topological polar surface area (TPSA) is 65.1 Å². The SMILES string of the molecule is COc1ccc(C)cc1NC(=O)[C@@H](C)N1CCN(CC(=O)N(C)C)CC1. The van der Waals surface area contributed by atoms with E-state index in [1.807, 2.05) is 32.0 Å². The standard InChI is InChI=1S/C19H30N4O3/c1-14-6-7-17(26-5)16(12-14)20-19(25)15(2)23-10-8-22(9-11-23)13-18(24)21(3)4/h6-7,12,15H,8-11,13H2,1-5H3,(H,20,25)/t15-/m1/s1. The van der Waals surface area contributed by atoms with Gasteiger partial charge in [-0.3, -0.25) is 19.4 Å². The molecular formula is C19H30N4O3. The Kier molecular flexibility index (Phi) is 6.99. The molecule has 26 heavy (non-hydrogen) atoms. The molecule has 1 aliphatic rings. The summed E-state index contributed by atoms with van der Waals surface area (Å²) in [5.41, 5.74) is 1.76. The minimum absolute atomic E-state index is 0.0493. The van der Waals surface area contributed by atoms with Crippen LogP contribution in [0.15, 0.2) is 18.2 Å². The Morgan fingerprint density at radius 1 is 1.23 bits per heavy atom. The number of amides is 2. The molecule has 1 N–H and O–H groups in total. The van der Waals surface area contributed by atoms with Crippen molar-refractivity contribution >= 4 is 17.5 Å². The number of ether oxygens (including phenoxy) is 1. The number of nitrogens with one attached hydrogen (secondary N) is 1. The zero-order chi connectivity index (χ0) is 19.3. The largest absolute Gasteiger partial charge is 0.495 e. The van der Waals surface area contributed by atoms with Crippen molar-refractivity contribution in [3.05, 3.63) is 23.8 Å². The number of hydrogen-bond acceptors (Lipinski definition) is 5. The molecule has 0 unspecified atom stereocenters. The van der Waals surface area contributed by atoms with E-state index in [0.717, 1.165) is 31.7 Å². The predicted octanol–water partition coefficient (Wildman–Crippen LogP) is 1.04. The molecule has 1 heterocycles. The number of nitrogens with zero attached hydrogens (tertiary/aromatic N) is 3. The maximum atomic E-state index is 12.7. The molecule has 1 fully saturated rings.